The molecule has 3 N–H and O–H groups in total. The maximum absolute atomic E-state index is 12.1. The van der Waals surface area contributed by atoms with Gasteiger partial charge in [-0.15, -0.1) is 22.0 Å². The fourth-order valence-electron chi connectivity index (χ4n) is 2.87. The van der Waals surface area contributed by atoms with Crippen molar-refractivity contribution < 1.29 is 4.79 Å². The first-order valence-corrected chi connectivity index (χ1v) is 11.2. The van der Waals surface area contributed by atoms with Crippen LogP contribution in [-0.4, -0.2) is 26.8 Å². The van der Waals surface area contributed by atoms with E-state index >= 15 is 0 Å². The maximum atomic E-state index is 12.1. The molecule has 8 nitrogen and oxygen atoms in total. The Kier molecular flexibility index (Phi) is 7.19. The summed E-state index contributed by atoms with van der Waals surface area (Å²) < 4.78 is 0. The number of aryl methyl sites for hydroxylation is 2. The normalized spacial score (nSPS) is 10.3. The number of nitrogens with two attached hydrogens (primary N) is 1. The fourth-order valence-corrected chi connectivity index (χ4v) is 4.41. The Balaban J connectivity index is 1.83. The summed E-state index contributed by atoms with van der Waals surface area (Å²) in [6, 6.07) is 11.9. The van der Waals surface area contributed by atoms with Crippen LogP contribution in [0.3, 0.4) is 0 Å². The van der Waals surface area contributed by atoms with E-state index in [-0.39, 0.29) is 29.3 Å². The first-order chi connectivity index (χ1) is 15.0. The second kappa shape index (κ2) is 10.0. The summed E-state index contributed by atoms with van der Waals surface area (Å²) in [6.45, 7) is 3.86. The highest BCUT2D eigenvalue weighted by Crippen LogP contribution is 2.36. The average Bonchev–Trinajstić information content (AvgIpc) is 3.17. The molecule has 0 atom stereocenters. The number of hydrogen-bond acceptors (Lipinski definition) is 9. The lowest BCUT2D eigenvalue weighted by molar-refractivity contribution is -0.115. The molecule has 1 aromatic carbocycles. The first kappa shape index (κ1) is 22.2. The van der Waals surface area contributed by atoms with Crippen LogP contribution in [0.2, 0.25) is 0 Å². The number of carbonyl (C=O) groups excluding carboxylic acids is 1. The van der Waals surface area contributed by atoms with Crippen molar-refractivity contribution in [1.29, 1.82) is 10.5 Å². The molecule has 0 saturated carbocycles. The molecule has 0 aliphatic heterocycles. The molecule has 1 amide bonds. The third kappa shape index (κ3) is 5.18. The Morgan fingerprint density at radius 2 is 1.90 bits per heavy atom. The van der Waals surface area contributed by atoms with Gasteiger partial charge in [-0.3, -0.25) is 4.79 Å². The van der Waals surface area contributed by atoms with Crippen molar-refractivity contribution in [2.75, 3.05) is 16.8 Å². The minimum absolute atomic E-state index is 0.0624. The van der Waals surface area contributed by atoms with Gasteiger partial charge in [-0.25, -0.2) is 4.98 Å². The second-order valence-corrected chi connectivity index (χ2v) is 8.74. The average molecular weight is 450 g/mol. The third-order valence-electron chi connectivity index (χ3n) is 4.41. The first-order valence-electron chi connectivity index (χ1n) is 9.42. The Morgan fingerprint density at radius 1 is 1.19 bits per heavy atom. The number of thioether (sulfide) groups is 1. The monoisotopic (exact) mass is 449 g/mol. The quantitative estimate of drug-likeness (QED) is 0.517. The van der Waals surface area contributed by atoms with Gasteiger partial charge < -0.3 is 11.1 Å². The molecule has 3 aromatic rings. The zero-order chi connectivity index (χ0) is 22.4. The summed E-state index contributed by atoms with van der Waals surface area (Å²) in [6.07, 6.45) is 1.07. The minimum Gasteiger partial charge on any atom is -0.383 e. The van der Waals surface area contributed by atoms with Crippen LogP contribution in [0.5, 0.6) is 0 Å². The molecule has 0 aliphatic carbocycles. The van der Waals surface area contributed by atoms with Crippen LogP contribution in [0.4, 0.5) is 10.9 Å². The number of hydrogen-bond donors (Lipinski definition) is 2. The Hall–Kier alpha value is -3.47. The van der Waals surface area contributed by atoms with Crippen molar-refractivity contribution in [3.05, 3.63) is 46.0 Å². The molecule has 10 heteroatoms. The lowest BCUT2D eigenvalue weighted by atomic mass is 9.96. The van der Waals surface area contributed by atoms with Crippen LogP contribution in [-0.2, 0) is 11.2 Å². The molecule has 0 radical (unpaired) electrons. The number of nitrogens with zero attached hydrogens (tertiary/aromatic N) is 5. The van der Waals surface area contributed by atoms with Gasteiger partial charge in [0, 0.05) is 17.7 Å². The number of anilines is 2. The fraction of sp³-hybridized carbons (Fsp3) is 0.238. The van der Waals surface area contributed by atoms with Crippen LogP contribution >= 0.6 is 23.1 Å². The number of nitrogens with one attached hydrogen (secondary N) is 1. The highest BCUT2D eigenvalue weighted by Gasteiger charge is 2.20. The molecule has 0 bridgehead atoms. The molecular formula is C21H19N7OS2. The zero-order valence-electron chi connectivity index (χ0n) is 17.0. The molecule has 31 heavy (non-hydrogen) atoms. The number of carbonyl (C=O) groups is 1. The van der Waals surface area contributed by atoms with Crippen molar-refractivity contribution in [1.82, 2.24) is 15.2 Å². The lowest BCUT2D eigenvalue weighted by Gasteiger charge is -2.13. The summed E-state index contributed by atoms with van der Waals surface area (Å²) in [5, 5.41) is 31.5. The number of nitriles is 2. The van der Waals surface area contributed by atoms with Gasteiger partial charge in [0.05, 0.1) is 5.56 Å². The second-order valence-electron chi connectivity index (χ2n) is 6.47. The van der Waals surface area contributed by atoms with E-state index in [9.17, 15) is 15.3 Å². The van der Waals surface area contributed by atoms with Crippen molar-refractivity contribution in [2.45, 2.75) is 31.7 Å². The van der Waals surface area contributed by atoms with E-state index in [1.54, 1.807) is 6.92 Å². The minimum atomic E-state index is -0.209. The molecule has 2 aromatic heterocycles. The highest BCUT2D eigenvalue weighted by molar-refractivity contribution is 7.99. The van der Waals surface area contributed by atoms with Gasteiger partial charge in [-0.05, 0) is 24.5 Å². The van der Waals surface area contributed by atoms with E-state index in [1.807, 2.05) is 24.3 Å². The van der Waals surface area contributed by atoms with Crippen molar-refractivity contribution in [3.63, 3.8) is 0 Å². The van der Waals surface area contributed by atoms with E-state index in [0.29, 0.717) is 21.5 Å². The van der Waals surface area contributed by atoms with E-state index in [4.69, 9.17) is 5.73 Å². The lowest BCUT2D eigenvalue weighted by Crippen LogP contribution is -2.12. The smallest absolute Gasteiger partial charge is 0.227 e. The predicted octanol–water partition coefficient (Wildman–Crippen LogP) is 3.92. The van der Waals surface area contributed by atoms with E-state index in [0.717, 1.165) is 22.6 Å². The summed E-state index contributed by atoms with van der Waals surface area (Å²) in [5.74, 6) is 0.233. The molecule has 0 saturated heterocycles. The number of aromatic nitrogens is 3. The predicted molar refractivity (Wildman–Crippen MR) is 122 cm³/mol. The van der Waals surface area contributed by atoms with Crippen molar-refractivity contribution >= 4 is 40.0 Å². The van der Waals surface area contributed by atoms with Gasteiger partial charge in [-0.2, -0.15) is 10.5 Å². The number of rotatable bonds is 7. The molecule has 0 spiro atoms. The van der Waals surface area contributed by atoms with Crippen LogP contribution in [0, 0.1) is 29.6 Å². The molecule has 2 heterocycles. The number of nitrogen functional groups attached to an aromatic ring is 1. The molecule has 0 unspecified atom stereocenters. The maximum Gasteiger partial charge on any atom is 0.227 e. The van der Waals surface area contributed by atoms with Gasteiger partial charge in [0.25, 0.3) is 0 Å². The van der Waals surface area contributed by atoms with Crippen LogP contribution in [0.15, 0.2) is 29.3 Å². The van der Waals surface area contributed by atoms with Crippen LogP contribution in [0.1, 0.15) is 35.0 Å². The number of benzene rings is 1. The van der Waals surface area contributed by atoms with Gasteiger partial charge >= 0.3 is 0 Å². The van der Waals surface area contributed by atoms with Gasteiger partial charge in [0.15, 0.2) is 0 Å². The van der Waals surface area contributed by atoms with Gasteiger partial charge in [-0.1, -0.05) is 42.5 Å². The molecule has 3 rings (SSSR count). The summed E-state index contributed by atoms with van der Waals surface area (Å²) in [5.41, 5.74) is 8.83. The molecule has 156 valence electrons. The number of amides is 1. The Labute approximate surface area is 188 Å². The van der Waals surface area contributed by atoms with E-state index < -0.39 is 0 Å². The van der Waals surface area contributed by atoms with E-state index in [1.165, 1.54) is 23.1 Å². The number of pyridine rings is 1. The standard InChI is InChI=1S/C21H19N7OS2/c1-3-13-4-6-14(7-5-13)18-15(10-22)19(24)26-20(16(18)11-23)30-9-8-17(29)25-21-28-27-12(2)31-21/h4-7H,3,8-9H2,1-2H3,(H2,24,26)(H,25,28,29). The molecule has 0 fully saturated rings. The van der Waals surface area contributed by atoms with Crippen molar-refractivity contribution in [3.8, 4) is 23.3 Å². The Bertz CT molecular complexity index is 1190. The SMILES string of the molecule is CCc1ccc(-c2c(C#N)c(N)nc(SCCC(=O)Nc3nnc(C)s3)c2C#N)cc1. The molecular weight excluding hydrogens is 430 g/mol. The largest absolute Gasteiger partial charge is 0.383 e. The van der Waals surface area contributed by atoms with Crippen LogP contribution in [0.25, 0.3) is 11.1 Å². The Morgan fingerprint density at radius 3 is 2.48 bits per heavy atom. The highest BCUT2D eigenvalue weighted by atomic mass is 32.2. The van der Waals surface area contributed by atoms with Gasteiger partial charge in [0.1, 0.15) is 33.6 Å². The summed E-state index contributed by atoms with van der Waals surface area (Å²) in [4.78, 5) is 16.4. The van der Waals surface area contributed by atoms with Crippen molar-refractivity contribution in [2.24, 2.45) is 0 Å². The molecule has 0 aliphatic rings. The topological polar surface area (TPSA) is 141 Å². The summed E-state index contributed by atoms with van der Waals surface area (Å²) >= 11 is 2.55. The third-order valence-corrected chi connectivity index (χ3v) is 6.14. The van der Waals surface area contributed by atoms with Crippen LogP contribution < -0.4 is 11.1 Å². The zero-order valence-corrected chi connectivity index (χ0v) is 18.6. The van der Waals surface area contributed by atoms with E-state index in [2.05, 4.69) is 39.6 Å². The summed E-state index contributed by atoms with van der Waals surface area (Å²) in [7, 11) is 0. The van der Waals surface area contributed by atoms with Gasteiger partial charge in [0.2, 0.25) is 11.0 Å².